The summed E-state index contributed by atoms with van der Waals surface area (Å²) in [5, 5.41) is 2.63. The van der Waals surface area contributed by atoms with E-state index in [0.29, 0.717) is 0 Å². The van der Waals surface area contributed by atoms with E-state index in [2.05, 4.69) is 229 Å². The number of nitrogens with zero attached hydrogens (tertiary/aromatic N) is 2. The number of anilines is 5. The molecule has 1 aromatic heterocycles. The number of benzene rings is 8. The molecule has 8 aromatic carbocycles. The van der Waals surface area contributed by atoms with Crippen LogP contribution in [-0.4, -0.2) is 6.85 Å². The fourth-order valence-electron chi connectivity index (χ4n) is 10.3. The highest BCUT2D eigenvalue weighted by Crippen LogP contribution is 2.51. The molecule has 2 aliphatic heterocycles. The molecule has 2 nitrogen and oxygen atoms in total. The highest BCUT2D eigenvalue weighted by molar-refractivity contribution is 7.26. The Morgan fingerprint density at radius 1 is 0.452 bits per heavy atom. The van der Waals surface area contributed by atoms with Gasteiger partial charge < -0.3 is 9.71 Å². The molecule has 0 unspecified atom stereocenters. The van der Waals surface area contributed by atoms with Crippen molar-refractivity contribution in [3.8, 4) is 33.4 Å². The van der Waals surface area contributed by atoms with Crippen molar-refractivity contribution in [3.63, 3.8) is 0 Å². The highest BCUT2D eigenvalue weighted by Gasteiger charge is 2.46. The standard InChI is InChI=1S/C58H51BN2S/c1-36-17-16-18-37(2)55(36)39-31-47-43-21-12-14-23-50(43)61(42-28-25-40(26-29-42)57(3,4)5)59-48-34-46-44-22-13-15-24-53(44)62-54(46)35-51(48)60(52(32-39)56(47)59)49-30-27-41(58(6,7)8)33-45(49)38-19-10-9-11-20-38/h9-35H,1-8H3. The van der Waals surface area contributed by atoms with E-state index >= 15 is 0 Å². The molecule has 3 heterocycles. The molecule has 0 radical (unpaired) electrons. The smallest absolute Gasteiger partial charge is 0.333 e. The molecule has 0 fully saturated rings. The summed E-state index contributed by atoms with van der Waals surface area (Å²) in [5.74, 6) is 0. The molecule has 0 N–H and O–H groups in total. The van der Waals surface area contributed by atoms with Gasteiger partial charge in [0.15, 0.2) is 0 Å². The quantitative estimate of drug-likeness (QED) is 0.163. The van der Waals surface area contributed by atoms with Gasteiger partial charge in [-0.1, -0.05) is 151 Å². The molecule has 0 bridgehead atoms. The van der Waals surface area contributed by atoms with Crippen LogP contribution in [0.4, 0.5) is 28.4 Å². The van der Waals surface area contributed by atoms with Gasteiger partial charge in [-0.25, -0.2) is 0 Å². The zero-order valence-corrected chi connectivity index (χ0v) is 37.8. The Hall–Kier alpha value is -6.36. The normalized spacial score (nSPS) is 13.4. The third kappa shape index (κ3) is 6.06. The summed E-state index contributed by atoms with van der Waals surface area (Å²) in [4.78, 5) is 5.28. The van der Waals surface area contributed by atoms with Gasteiger partial charge in [-0.3, -0.25) is 0 Å². The van der Waals surface area contributed by atoms with Crippen LogP contribution in [0.2, 0.25) is 0 Å². The Balaban J connectivity index is 1.30. The second-order valence-electron chi connectivity index (χ2n) is 19.5. The third-order valence-corrected chi connectivity index (χ3v) is 14.5. The van der Waals surface area contributed by atoms with E-state index in [9.17, 15) is 0 Å². The first-order chi connectivity index (χ1) is 29.8. The van der Waals surface area contributed by atoms with Crippen LogP contribution in [0.3, 0.4) is 0 Å². The van der Waals surface area contributed by atoms with Gasteiger partial charge in [0.2, 0.25) is 0 Å². The Labute approximate surface area is 371 Å². The van der Waals surface area contributed by atoms with E-state index < -0.39 is 0 Å². The van der Waals surface area contributed by atoms with Crippen LogP contribution in [0, 0.1) is 13.8 Å². The van der Waals surface area contributed by atoms with Crippen LogP contribution in [0.1, 0.15) is 63.8 Å². The van der Waals surface area contributed by atoms with Crippen LogP contribution in [-0.2, 0) is 10.8 Å². The number of hydrogen-bond acceptors (Lipinski definition) is 3. The minimum atomic E-state index is -0.0919. The van der Waals surface area contributed by atoms with E-state index in [1.54, 1.807) is 0 Å². The van der Waals surface area contributed by atoms with Crippen molar-refractivity contribution in [2.75, 3.05) is 9.71 Å². The van der Waals surface area contributed by atoms with Crippen molar-refractivity contribution in [2.24, 2.45) is 0 Å². The number of rotatable bonds is 4. The summed E-state index contributed by atoms with van der Waals surface area (Å²) in [6.45, 7) is 18.3. The molecule has 62 heavy (non-hydrogen) atoms. The molecule has 11 rings (SSSR count). The number of aryl methyl sites for hydroxylation is 2. The molecule has 302 valence electrons. The zero-order valence-electron chi connectivity index (χ0n) is 37.0. The molecule has 0 spiro atoms. The average molecular weight is 819 g/mol. The predicted molar refractivity (Wildman–Crippen MR) is 271 cm³/mol. The minimum absolute atomic E-state index is 0.0234. The van der Waals surface area contributed by atoms with Gasteiger partial charge in [-0.2, -0.15) is 0 Å². The maximum atomic E-state index is 2.64. The summed E-state index contributed by atoms with van der Waals surface area (Å²) in [7, 11) is 0. The van der Waals surface area contributed by atoms with E-state index in [-0.39, 0.29) is 17.7 Å². The van der Waals surface area contributed by atoms with Crippen molar-refractivity contribution >= 4 is 77.7 Å². The molecule has 4 heteroatoms. The number of hydrogen-bond donors (Lipinski definition) is 0. The molecule has 0 saturated carbocycles. The summed E-state index contributed by atoms with van der Waals surface area (Å²) >= 11 is 1.90. The van der Waals surface area contributed by atoms with Gasteiger partial charge in [0.25, 0.3) is 0 Å². The molecular formula is C58H51BN2S. The van der Waals surface area contributed by atoms with Crippen molar-refractivity contribution in [1.82, 2.24) is 0 Å². The fourth-order valence-corrected chi connectivity index (χ4v) is 11.4. The van der Waals surface area contributed by atoms with Crippen LogP contribution in [0.15, 0.2) is 164 Å². The molecule has 0 atom stereocenters. The van der Waals surface area contributed by atoms with Crippen LogP contribution < -0.4 is 20.6 Å². The van der Waals surface area contributed by atoms with E-state index in [1.807, 2.05) is 11.3 Å². The van der Waals surface area contributed by atoms with Crippen molar-refractivity contribution < 1.29 is 0 Å². The van der Waals surface area contributed by atoms with Crippen molar-refractivity contribution in [3.05, 3.63) is 186 Å². The molecule has 0 saturated heterocycles. The fraction of sp³-hybridized carbons (Fsp3) is 0.172. The van der Waals surface area contributed by atoms with Gasteiger partial charge in [0.05, 0.1) is 5.69 Å². The molecule has 2 aliphatic rings. The van der Waals surface area contributed by atoms with Crippen molar-refractivity contribution in [1.29, 1.82) is 0 Å². The molecule has 0 aliphatic carbocycles. The summed E-state index contributed by atoms with van der Waals surface area (Å²) in [5.41, 5.74) is 21.5. The topological polar surface area (TPSA) is 6.48 Å². The molecular weight excluding hydrogens is 768 g/mol. The minimum Gasteiger partial charge on any atom is -0.376 e. The lowest BCUT2D eigenvalue weighted by atomic mass is 9.43. The number of fused-ring (bicyclic) bond motifs is 7. The lowest BCUT2D eigenvalue weighted by Gasteiger charge is -2.46. The van der Waals surface area contributed by atoms with Gasteiger partial charge >= 0.3 is 6.85 Å². The third-order valence-electron chi connectivity index (χ3n) is 13.4. The largest absolute Gasteiger partial charge is 0.376 e. The Bertz CT molecular complexity index is 3220. The zero-order chi connectivity index (χ0) is 42.7. The van der Waals surface area contributed by atoms with E-state index in [1.165, 1.54) is 115 Å². The maximum Gasteiger partial charge on any atom is 0.333 e. The first kappa shape index (κ1) is 38.6. The van der Waals surface area contributed by atoms with Crippen LogP contribution in [0.25, 0.3) is 53.6 Å². The summed E-state index contributed by atoms with van der Waals surface area (Å²) in [6, 6.07) is 62.5. The van der Waals surface area contributed by atoms with Gasteiger partial charge in [0.1, 0.15) is 0 Å². The van der Waals surface area contributed by atoms with Gasteiger partial charge in [-0.15, -0.1) is 11.3 Å². The highest BCUT2D eigenvalue weighted by atomic mass is 32.1. The van der Waals surface area contributed by atoms with Crippen LogP contribution >= 0.6 is 11.3 Å². The summed E-state index contributed by atoms with van der Waals surface area (Å²) in [6.07, 6.45) is 0. The number of thiophene rings is 1. The van der Waals surface area contributed by atoms with E-state index in [0.717, 1.165) is 0 Å². The Morgan fingerprint density at radius 2 is 1.13 bits per heavy atom. The number of para-hydroxylation sites is 1. The Kier molecular flexibility index (Phi) is 8.76. The van der Waals surface area contributed by atoms with E-state index in [4.69, 9.17) is 0 Å². The average Bonchev–Trinajstić information content (AvgIpc) is 3.63. The first-order valence-corrected chi connectivity index (χ1v) is 22.9. The second kappa shape index (κ2) is 14.1. The lowest BCUT2D eigenvalue weighted by molar-refractivity contribution is 0.590. The second-order valence-corrected chi connectivity index (χ2v) is 20.6. The SMILES string of the molecule is Cc1cccc(C)c1-c1cc2c3c(c1)N(c1ccc(C(C)(C)C)cc1-c1ccccc1)c1cc4sc5ccccc5c4cc1B3N(c1ccc(C(C)(C)C)cc1)c1ccccc1-2. The first-order valence-electron chi connectivity index (χ1n) is 22.0. The molecule has 0 amide bonds. The molecule has 9 aromatic rings. The predicted octanol–water partition coefficient (Wildman–Crippen LogP) is 15.3. The maximum absolute atomic E-state index is 2.64. The van der Waals surface area contributed by atoms with Crippen molar-refractivity contribution in [2.45, 2.75) is 66.2 Å². The van der Waals surface area contributed by atoms with Gasteiger partial charge in [0, 0.05) is 54.0 Å². The van der Waals surface area contributed by atoms with Crippen LogP contribution in [0.5, 0.6) is 0 Å². The Morgan fingerprint density at radius 3 is 1.87 bits per heavy atom. The van der Waals surface area contributed by atoms with Gasteiger partial charge in [-0.05, 0) is 135 Å². The monoisotopic (exact) mass is 818 g/mol. The lowest BCUT2D eigenvalue weighted by Crippen LogP contribution is -2.61. The summed E-state index contributed by atoms with van der Waals surface area (Å²) < 4.78 is 2.62.